The number of benzene rings is 1. The van der Waals surface area contributed by atoms with Crippen LogP contribution in [-0.2, 0) is 4.79 Å². The Hall–Kier alpha value is -1.61. The molecule has 1 unspecified atom stereocenters. The van der Waals surface area contributed by atoms with E-state index in [0.29, 0.717) is 0 Å². The number of carbonyl (C=O) groups is 2. The largest absolute Gasteiger partial charge is 0.480 e. The molecule has 106 valence electrons. The Balaban J connectivity index is 2.79. The van der Waals surface area contributed by atoms with Crippen LogP contribution in [0, 0.1) is 12.3 Å². The molecule has 0 aliphatic heterocycles. The number of aliphatic carboxylic acids is 1. The summed E-state index contributed by atoms with van der Waals surface area (Å²) in [5.41, 5.74) is 0.198. The zero-order chi connectivity index (χ0) is 15.3. The minimum atomic E-state index is -1.24. The standard InChI is InChI=1S/C12H9Cl3N2O3/c1-2-3-9(11(18)19)16-12(20)17-10-5-7(14)6(13)4-8(10)15/h1,4-5,9H,3H2,(H,18,19)(H2,16,17,20). The third-order valence-electron chi connectivity index (χ3n) is 2.18. The lowest BCUT2D eigenvalue weighted by atomic mass is 10.2. The number of hydrogen-bond acceptors (Lipinski definition) is 2. The van der Waals surface area contributed by atoms with Crippen LogP contribution >= 0.6 is 34.8 Å². The summed E-state index contributed by atoms with van der Waals surface area (Å²) in [5.74, 6) is 0.921. The number of rotatable bonds is 4. The van der Waals surface area contributed by atoms with Crippen LogP contribution in [0.15, 0.2) is 12.1 Å². The number of carbonyl (C=O) groups excluding carboxylic acids is 1. The highest BCUT2D eigenvalue weighted by Gasteiger charge is 2.19. The van der Waals surface area contributed by atoms with E-state index in [0.717, 1.165) is 0 Å². The van der Waals surface area contributed by atoms with Crippen LogP contribution in [0.3, 0.4) is 0 Å². The fourth-order valence-electron chi connectivity index (χ4n) is 1.25. The fraction of sp³-hybridized carbons (Fsp3) is 0.167. The molecule has 0 radical (unpaired) electrons. The Morgan fingerprint density at radius 3 is 2.40 bits per heavy atom. The van der Waals surface area contributed by atoms with Crippen LogP contribution in [0.2, 0.25) is 15.1 Å². The molecule has 5 nitrogen and oxygen atoms in total. The van der Waals surface area contributed by atoms with E-state index in [2.05, 4.69) is 16.6 Å². The summed E-state index contributed by atoms with van der Waals surface area (Å²) in [7, 11) is 0. The third-order valence-corrected chi connectivity index (χ3v) is 3.22. The molecule has 8 heteroatoms. The van der Waals surface area contributed by atoms with E-state index in [4.69, 9.17) is 46.3 Å². The van der Waals surface area contributed by atoms with Crippen molar-refractivity contribution in [1.29, 1.82) is 0 Å². The van der Waals surface area contributed by atoms with Gasteiger partial charge < -0.3 is 15.7 Å². The number of carboxylic acid groups (broad SMARTS) is 1. The minimum Gasteiger partial charge on any atom is -0.480 e. The van der Waals surface area contributed by atoms with Crippen molar-refractivity contribution < 1.29 is 14.7 Å². The average molecular weight is 336 g/mol. The molecule has 0 saturated carbocycles. The van der Waals surface area contributed by atoms with Gasteiger partial charge in [0.1, 0.15) is 6.04 Å². The van der Waals surface area contributed by atoms with Crippen LogP contribution < -0.4 is 10.6 Å². The number of halogens is 3. The quantitative estimate of drug-likeness (QED) is 0.584. The van der Waals surface area contributed by atoms with Crippen LogP contribution in [0.5, 0.6) is 0 Å². The number of amides is 2. The molecule has 0 bridgehead atoms. The van der Waals surface area contributed by atoms with Gasteiger partial charge in [-0.1, -0.05) is 34.8 Å². The second-order valence-electron chi connectivity index (χ2n) is 3.64. The van der Waals surface area contributed by atoms with Crippen molar-refractivity contribution in [2.45, 2.75) is 12.5 Å². The third kappa shape index (κ3) is 4.49. The molecule has 0 aromatic heterocycles. The van der Waals surface area contributed by atoms with Gasteiger partial charge in [-0.25, -0.2) is 9.59 Å². The first kappa shape index (κ1) is 16.4. The molecular formula is C12H9Cl3N2O3. The first-order valence-corrected chi connectivity index (χ1v) is 6.37. The van der Waals surface area contributed by atoms with Gasteiger partial charge in [0.05, 0.1) is 20.8 Å². The van der Waals surface area contributed by atoms with Crippen molar-refractivity contribution >= 4 is 52.5 Å². The van der Waals surface area contributed by atoms with Crippen molar-refractivity contribution in [1.82, 2.24) is 5.32 Å². The van der Waals surface area contributed by atoms with Gasteiger partial charge >= 0.3 is 12.0 Å². The zero-order valence-corrected chi connectivity index (χ0v) is 12.2. The lowest BCUT2D eigenvalue weighted by molar-refractivity contribution is -0.139. The highest BCUT2D eigenvalue weighted by Crippen LogP contribution is 2.32. The number of hydrogen-bond donors (Lipinski definition) is 3. The van der Waals surface area contributed by atoms with E-state index in [1.165, 1.54) is 12.1 Å². The molecule has 1 aromatic rings. The van der Waals surface area contributed by atoms with Gasteiger partial charge in [-0.15, -0.1) is 12.3 Å². The van der Waals surface area contributed by atoms with Gasteiger partial charge in [-0.05, 0) is 12.1 Å². The molecule has 1 atom stereocenters. The summed E-state index contributed by atoms with van der Waals surface area (Å²) in [4.78, 5) is 22.5. The number of terminal acetylenes is 1. The van der Waals surface area contributed by atoms with Crippen molar-refractivity contribution in [3.63, 3.8) is 0 Å². The van der Waals surface area contributed by atoms with Gasteiger partial charge in [0, 0.05) is 6.42 Å². The number of carboxylic acids is 1. The first-order valence-electron chi connectivity index (χ1n) is 5.23. The molecule has 2 amide bonds. The second kappa shape index (κ2) is 7.25. The van der Waals surface area contributed by atoms with Gasteiger partial charge in [-0.3, -0.25) is 0 Å². The van der Waals surface area contributed by atoms with E-state index in [9.17, 15) is 9.59 Å². The number of anilines is 1. The molecule has 3 N–H and O–H groups in total. The van der Waals surface area contributed by atoms with Crippen LogP contribution in [0.1, 0.15) is 6.42 Å². The predicted molar refractivity (Wildman–Crippen MR) is 78.5 cm³/mol. The Labute approximate surface area is 130 Å². The molecule has 0 saturated heterocycles. The monoisotopic (exact) mass is 334 g/mol. The molecule has 0 spiro atoms. The summed E-state index contributed by atoms with van der Waals surface area (Å²) in [5, 5.41) is 14.0. The molecule has 0 heterocycles. The van der Waals surface area contributed by atoms with Crippen LogP contribution in [0.25, 0.3) is 0 Å². The van der Waals surface area contributed by atoms with Crippen molar-refractivity contribution in [2.75, 3.05) is 5.32 Å². The Morgan fingerprint density at radius 2 is 1.85 bits per heavy atom. The molecule has 20 heavy (non-hydrogen) atoms. The summed E-state index contributed by atoms with van der Waals surface area (Å²) in [6.07, 6.45) is 4.88. The first-order chi connectivity index (χ1) is 9.35. The van der Waals surface area contributed by atoms with E-state index in [1.54, 1.807) is 0 Å². The Kier molecular flexibility index (Phi) is 5.96. The average Bonchev–Trinajstić information content (AvgIpc) is 2.35. The summed E-state index contributed by atoms with van der Waals surface area (Å²) in [6, 6.07) is 0.745. The van der Waals surface area contributed by atoms with Gasteiger partial charge in [0.25, 0.3) is 0 Å². The number of urea groups is 1. The maximum Gasteiger partial charge on any atom is 0.327 e. The fourth-order valence-corrected chi connectivity index (χ4v) is 1.85. The molecule has 0 aliphatic rings. The van der Waals surface area contributed by atoms with Gasteiger partial charge in [-0.2, -0.15) is 0 Å². The van der Waals surface area contributed by atoms with E-state index in [1.807, 2.05) is 0 Å². The maximum atomic E-state index is 11.7. The van der Waals surface area contributed by atoms with E-state index < -0.39 is 18.0 Å². The van der Waals surface area contributed by atoms with Crippen molar-refractivity contribution in [3.05, 3.63) is 27.2 Å². The van der Waals surface area contributed by atoms with Crippen molar-refractivity contribution in [3.8, 4) is 12.3 Å². The predicted octanol–water partition coefficient (Wildman–Crippen LogP) is 3.24. The second-order valence-corrected chi connectivity index (χ2v) is 4.87. The molecule has 1 aromatic carbocycles. The molecule has 0 fully saturated rings. The SMILES string of the molecule is C#CCC(NC(=O)Nc1cc(Cl)c(Cl)cc1Cl)C(=O)O. The van der Waals surface area contributed by atoms with E-state index >= 15 is 0 Å². The Bertz CT molecular complexity index is 584. The maximum absolute atomic E-state index is 11.7. The van der Waals surface area contributed by atoms with Crippen LogP contribution in [0.4, 0.5) is 10.5 Å². The summed E-state index contributed by atoms with van der Waals surface area (Å²) < 4.78 is 0. The molecular weight excluding hydrogens is 327 g/mol. The Morgan fingerprint density at radius 1 is 1.25 bits per heavy atom. The summed E-state index contributed by atoms with van der Waals surface area (Å²) in [6.45, 7) is 0. The normalized spacial score (nSPS) is 11.3. The lowest BCUT2D eigenvalue weighted by Crippen LogP contribution is -2.42. The van der Waals surface area contributed by atoms with Crippen molar-refractivity contribution in [2.24, 2.45) is 0 Å². The van der Waals surface area contributed by atoms with Crippen LogP contribution in [-0.4, -0.2) is 23.1 Å². The topological polar surface area (TPSA) is 78.4 Å². The molecule has 0 aliphatic carbocycles. The van der Waals surface area contributed by atoms with Gasteiger partial charge in [0.2, 0.25) is 0 Å². The summed E-state index contributed by atoms with van der Waals surface area (Å²) >= 11 is 17.4. The highest BCUT2D eigenvalue weighted by atomic mass is 35.5. The zero-order valence-electron chi connectivity index (χ0n) is 9.91. The lowest BCUT2D eigenvalue weighted by Gasteiger charge is -2.14. The highest BCUT2D eigenvalue weighted by molar-refractivity contribution is 6.44. The van der Waals surface area contributed by atoms with Gasteiger partial charge in [0.15, 0.2) is 0 Å². The smallest absolute Gasteiger partial charge is 0.327 e. The number of nitrogens with one attached hydrogen (secondary N) is 2. The van der Waals surface area contributed by atoms with E-state index in [-0.39, 0.29) is 27.2 Å². The minimum absolute atomic E-state index is 0.141. The molecule has 1 rings (SSSR count).